The zero-order chi connectivity index (χ0) is 17.2. The number of benzene rings is 2. The maximum atomic E-state index is 12.2. The molecule has 0 aliphatic rings. The Kier molecular flexibility index (Phi) is 7.15. The Balaban J connectivity index is 1.78. The number of amides is 1. The van der Waals surface area contributed by atoms with Gasteiger partial charge in [-0.3, -0.25) is 4.79 Å². The van der Waals surface area contributed by atoms with Gasteiger partial charge in [-0.2, -0.15) is 0 Å². The first-order chi connectivity index (χ1) is 11.7. The van der Waals surface area contributed by atoms with E-state index in [1.54, 1.807) is 36.4 Å². The molecule has 0 saturated carbocycles. The molecule has 0 radical (unpaired) electrons. The summed E-state index contributed by atoms with van der Waals surface area (Å²) < 4.78 is 5.71. The molecule has 1 amide bonds. The molecule has 4 nitrogen and oxygen atoms in total. The first kappa shape index (κ1) is 17.9. The van der Waals surface area contributed by atoms with Gasteiger partial charge in [0, 0.05) is 16.9 Å². The van der Waals surface area contributed by atoms with E-state index in [4.69, 9.17) is 10.5 Å². The van der Waals surface area contributed by atoms with Gasteiger partial charge in [0.15, 0.2) is 0 Å². The maximum absolute atomic E-state index is 12.2. The summed E-state index contributed by atoms with van der Waals surface area (Å²) in [4.78, 5) is 12.2. The second kappa shape index (κ2) is 9.60. The van der Waals surface area contributed by atoms with Crippen LogP contribution in [0.4, 0.5) is 11.4 Å². The third-order valence-electron chi connectivity index (χ3n) is 3.80. The predicted octanol–water partition coefficient (Wildman–Crippen LogP) is 4.87. The summed E-state index contributed by atoms with van der Waals surface area (Å²) in [7, 11) is 0. The largest absolute Gasteiger partial charge is 0.494 e. The molecule has 0 atom stereocenters. The summed E-state index contributed by atoms with van der Waals surface area (Å²) in [5.74, 6) is 0.653. The Bertz CT molecular complexity index is 621. The van der Waals surface area contributed by atoms with E-state index in [2.05, 4.69) is 12.2 Å². The number of unbranched alkanes of at least 4 members (excludes halogenated alkanes) is 4. The number of hydrogen-bond acceptors (Lipinski definition) is 3. The monoisotopic (exact) mass is 326 g/mol. The van der Waals surface area contributed by atoms with Gasteiger partial charge in [0.2, 0.25) is 0 Å². The molecule has 2 aromatic carbocycles. The lowest BCUT2D eigenvalue weighted by molar-refractivity contribution is 0.102. The first-order valence-corrected chi connectivity index (χ1v) is 8.59. The van der Waals surface area contributed by atoms with Crippen molar-refractivity contribution in [2.45, 2.75) is 39.0 Å². The summed E-state index contributed by atoms with van der Waals surface area (Å²) >= 11 is 0. The maximum Gasteiger partial charge on any atom is 0.255 e. The summed E-state index contributed by atoms with van der Waals surface area (Å²) in [5, 5.41) is 2.84. The lowest BCUT2D eigenvalue weighted by Crippen LogP contribution is -2.11. The number of rotatable bonds is 9. The van der Waals surface area contributed by atoms with Crippen molar-refractivity contribution < 1.29 is 9.53 Å². The van der Waals surface area contributed by atoms with Gasteiger partial charge in [0.05, 0.1) is 6.61 Å². The SMILES string of the molecule is CCCCCCCOc1ccc(C(=O)Nc2ccc(N)cc2)cc1. The van der Waals surface area contributed by atoms with Crippen LogP contribution in [-0.2, 0) is 0 Å². The molecule has 2 rings (SSSR count). The van der Waals surface area contributed by atoms with Crippen molar-refractivity contribution >= 4 is 17.3 Å². The number of nitrogens with one attached hydrogen (secondary N) is 1. The molecule has 0 spiro atoms. The summed E-state index contributed by atoms with van der Waals surface area (Å²) in [5.41, 5.74) is 7.63. The van der Waals surface area contributed by atoms with Crippen molar-refractivity contribution in [3.05, 3.63) is 54.1 Å². The third-order valence-corrected chi connectivity index (χ3v) is 3.80. The highest BCUT2D eigenvalue weighted by Gasteiger charge is 2.06. The van der Waals surface area contributed by atoms with Gasteiger partial charge in [-0.25, -0.2) is 0 Å². The fourth-order valence-corrected chi connectivity index (χ4v) is 2.37. The first-order valence-electron chi connectivity index (χ1n) is 8.59. The van der Waals surface area contributed by atoms with Crippen LogP contribution >= 0.6 is 0 Å². The van der Waals surface area contributed by atoms with Crippen molar-refractivity contribution in [1.82, 2.24) is 0 Å². The number of anilines is 2. The van der Waals surface area contributed by atoms with Gasteiger partial charge >= 0.3 is 0 Å². The second-order valence-electron chi connectivity index (χ2n) is 5.86. The molecular formula is C20H26N2O2. The lowest BCUT2D eigenvalue weighted by atomic mass is 10.1. The van der Waals surface area contributed by atoms with Crippen LogP contribution in [0.2, 0.25) is 0 Å². The van der Waals surface area contributed by atoms with Crippen LogP contribution in [0.3, 0.4) is 0 Å². The highest BCUT2D eigenvalue weighted by Crippen LogP contribution is 2.16. The Hall–Kier alpha value is -2.49. The van der Waals surface area contributed by atoms with Crippen LogP contribution in [0, 0.1) is 0 Å². The number of nitrogen functional groups attached to an aromatic ring is 1. The normalized spacial score (nSPS) is 10.4. The van der Waals surface area contributed by atoms with Gasteiger partial charge in [0.25, 0.3) is 5.91 Å². The number of ether oxygens (including phenoxy) is 1. The van der Waals surface area contributed by atoms with Crippen LogP contribution in [0.5, 0.6) is 5.75 Å². The van der Waals surface area contributed by atoms with Crippen LogP contribution in [-0.4, -0.2) is 12.5 Å². The van der Waals surface area contributed by atoms with Crippen molar-refractivity contribution in [2.24, 2.45) is 0 Å². The molecule has 3 N–H and O–H groups in total. The van der Waals surface area contributed by atoms with E-state index in [1.165, 1.54) is 25.7 Å². The molecule has 0 heterocycles. The quantitative estimate of drug-likeness (QED) is 0.510. The highest BCUT2D eigenvalue weighted by atomic mass is 16.5. The van der Waals surface area contributed by atoms with Crippen molar-refractivity contribution in [3.63, 3.8) is 0 Å². The average Bonchev–Trinajstić information content (AvgIpc) is 2.60. The van der Waals surface area contributed by atoms with Gasteiger partial charge in [0.1, 0.15) is 5.75 Å². The average molecular weight is 326 g/mol. The number of nitrogens with two attached hydrogens (primary N) is 1. The smallest absolute Gasteiger partial charge is 0.255 e. The Morgan fingerprint density at radius 1 is 0.958 bits per heavy atom. The number of hydrogen-bond donors (Lipinski definition) is 2. The molecule has 0 saturated heterocycles. The Morgan fingerprint density at radius 2 is 1.62 bits per heavy atom. The Morgan fingerprint density at radius 3 is 2.29 bits per heavy atom. The zero-order valence-electron chi connectivity index (χ0n) is 14.3. The fourth-order valence-electron chi connectivity index (χ4n) is 2.37. The molecule has 0 aromatic heterocycles. The van der Waals surface area contributed by atoms with Crippen molar-refractivity contribution in [1.29, 1.82) is 0 Å². The molecule has 0 aliphatic heterocycles. The van der Waals surface area contributed by atoms with E-state index < -0.39 is 0 Å². The van der Waals surface area contributed by atoms with Crippen LogP contribution in [0.25, 0.3) is 0 Å². The van der Waals surface area contributed by atoms with Crippen LogP contribution in [0.15, 0.2) is 48.5 Å². The van der Waals surface area contributed by atoms with Gasteiger partial charge in [-0.15, -0.1) is 0 Å². The number of carbonyl (C=O) groups excluding carboxylic acids is 1. The predicted molar refractivity (Wildman–Crippen MR) is 99.5 cm³/mol. The minimum Gasteiger partial charge on any atom is -0.494 e. The summed E-state index contributed by atoms with van der Waals surface area (Å²) in [6, 6.07) is 14.3. The second-order valence-corrected chi connectivity index (χ2v) is 5.86. The van der Waals surface area contributed by atoms with Gasteiger partial charge < -0.3 is 15.8 Å². The molecule has 2 aromatic rings. The summed E-state index contributed by atoms with van der Waals surface area (Å²) in [6.45, 7) is 2.93. The minimum absolute atomic E-state index is 0.147. The molecule has 0 aliphatic carbocycles. The van der Waals surface area contributed by atoms with E-state index in [0.29, 0.717) is 11.3 Å². The molecule has 24 heavy (non-hydrogen) atoms. The van der Waals surface area contributed by atoms with Gasteiger partial charge in [-0.05, 0) is 55.0 Å². The van der Waals surface area contributed by atoms with E-state index in [-0.39, 0.29) is 5.91 Å². The summed E-state index contributed by atoms with van der Waals surface area (Å²) in [6.07, 6.45) is 6.08. The van der Waals surface area contributed by atoms with Crippen molar-refractivity contribution in [3.8, 4) is 5.75 Å². The zero-order valence-corrected chi connectivity index (χ0v) is 14.3. The molecular weight excluding hydrogens is 300 g/mol. The van der Waals surface area contributed by atoms with Crippen LogP contribution < -0.4 is 15.8 Å². The molecule has 0 fully saturated rings. The minimum atomic E-state index is -0.147. The van der Waals surface area contributed by atoms with E-state index >= 15 is 0 Å². The fraction of sp³-hybridized carbons (Fsp3) is 0.350. The topological polar surface area (TPSA) is 64.3 Å². The van der Waals surface area contributed by atoms with Crippen molar-refractivity contribution in [2.75, 3.05) is 17.7 Å². The standard InChI is InChI=1S/C20H26N2O2/c1-2-3-4-5-6-15-24-19-13-7-16(8-14-19)20(23)22-18-11-9-17(21)10-12-18/h7-14H,2-6,15,21H2,1H3,(H,22,23). The third kappa shape index (κ3) is 5.95. The van der Waals surface area contributed by atoms with E-state index in [1.807, 2.05) is 12.1 Å². The van der Waals surface area contributed by atoms with Crippen LogP contribution in [0.1, 0.15) is 49.4 Å². The molecule has 0 unspecified atom stereocenters. The molecule has 4 heteroatoms. The Labute approximate surface area is 144 Å². The van der Waals surface area contributed by atoms with E-state index in [9.17, 15) is 4.79 Å². The molecule has 0 bridgehead atoms. The van der Waals surface area contributed by atoms with Gasteiger partial charge in [-0.1, -0.05) is 32.6 Å². The lowest BCUT2D eigenvalue weighted by Gasteiger charge is -2.08. The van der Waals surface area contributed by atoms with E-state index in [0.717, 1.165) is 24.5 Å². The molecule has 128 valence electrons. The number of carbonyl (C=O) groups is 1. The highest BCUT2D eigenvalue weighted by molar-refractivity contribution is 6.04.